The number of hydrogen-bond donors (Lipinski definition) is 0. The molecular formula is C29H41F3O. The van der Waals surface area contributed by atoms with Crippen LogP contribution in [0, 0.1) is 29.4 Å². The fraction of sp³-hybridized carbons (Fsp3) is 0.724. The molecule has 0 spiro atoms. The molecule has 0 aromatic heterocycles. The first-order valence-electron chi connectivity index (χ1n) is 13.4. The third-order valence-corrected chi connectivity index (χ3v) is 9.02. The van der Waals surface area contributed by atoms with Gasteiger partial charge in [0.2, 0.25) is 0 Å². The molecule has 3 aliphatic carbocycles. The molecule has 3 aliphatic rings. The van der Waals surface area contributed by atoms with E-state index in [9.17, 15) is 4.39 Å². The summed E-state index contributed by atoms with van der Waals surface area (Å²) in [6.45, 7) is 2.22. The van der Waals surface area contributed by atoms with E-state index in [1.165, 1.54) is 6.42 Å². The molecule has 0 bridgehead atoms. The molecule has 1 aromatic carbocycles. The van der Waals surface area contributed by atoms with Crippen LogP contribution < -0.4 is 0 Å². The van der Waals surface area contributed by atoms with Gasteiger partial charge in [-0.2, -0.15) is 0 Å². The number of allylic oxidation sites excluding steroid dienone is 1. The summed E-state index contributed by atoms with van der Waals surface area (Å²) in [6, 6.07) is 3.76. The third-order valence-electron chi connectivity index (χ3n) is 9.02. The Morgan fingerprint density at radius 2 is 1.27 bits per heavy atom. The predicted octanol–water partition coefficient (Wildman–Crippen LogP) is 8.98. The van der Waals surface area contributed by atoms with Crippen LogP contribution in [0.3, 0.4) is 0 Å². The molecule has 184 valence electrons. The number of ether oxygens (including phenoxy) is 1. The van der Waals surface area contributed by atoms with E-state index in [0.717, 1.165) is 83.0 Å². The average molecular weight is 463 g/mol. The summed E-state index contributed by atoms with van der Waals surface area (Å²) in [5, 5.41) is 0. The monoisotopic (exact) mass is 462 g/mol. The first kappa shape index (κ1) is 24.8. The summed E-state index contributed by atoms with van der Waals surface area (Å²) in [4.78, 5) is 0. The second-order valence-electron chi connectivity index (χ2n) is 10.9. The maximum atomic E-state index is 15.1. The molecule has 2 unspecified atom stereocenters. The zero-order valence-electron chi connectivity index (χ0n) is 20.4. The molecule has 1 nitrogen and oxygen atoms in total. The van der Waals surface area contributed by atoms with E-state index in [1.807, 2.05) is 12.1 Å². The fourth-order valence-electron chi connectivity index (χ4n) is 6.68. The lowest BCUT2D eigenvalue weighted by molar-refractivity contribution is 0.0906. The van der Waals surface area contributed by atoms with Crippen LogP contribution in [0.15, 0.2) is 24.0 Å². The van der Waals surface area contributed by atoms with Gasteiger partial charge in [0.1, 0.15) is 11.9 Å². The summed E-state index contributed by atoms with van der Waals surface area (Å²) >= 11 is 0. The number of rotatable bonds is 7. The van der Waals surface area contributed by atoms with Gasteiger partial charge < -0.3 is 4.74 Å². The van der Waals surface area contributed by atoms with Crippen molar-refractivity contribution in [3.8, 4) is 0 Å². The van der Waals surface area contributed by atoms with Crippen molar-refractivity contribution in [2.75, 3.05) is 7.11 Å². The fourth-order valence-corrected chi connectivity index (χ4v) is 6.68. The molecule has 1 aromatic rings. The highest BCUT2D eigenvalue weighted by Crippen LogP contribution is 2.43. The van der Waals surface area contributed by atoms with Crippen LogP contribution in [-0.4, -0.2) is 13.2 Å². The lowest BCUT2D eigenvalue weighted by Gasteiger charge is -2.31. The second kappa shape index (κ2) is 11.4. The Bertz CT molecular complexity index is 803. The van der Waals surface area contributed by atoms with Gasteiger partial charge in [-0.25, -0.2) is 13.2 Å². The molecule has 4 heteroatoms. The van der Waals surface area contributed by atoms with E-state index in [4.69, 9.17) is 4.74 Å². The molecule has 0 N–H and O–H groups in total. The van der Waals surface area contributed by atoms with Crippen molar-refractivity contribution >= 4 is 0 Å². The Hall–Kier alpha value is -1.29. The van der Waals surface area contributed by atoms with Gasteiger partial charge in [-0.3, -0.25) is 0 Å². The van der Waals surface area contributed by atoms with Crippen LogP contribution in [-0.2, 0) is 4.74 Å². The predicted molar refractivity (Wildman–Crippen MR) is 128 cm³/mol. The second-order valence-corrected chi connectivity index (χ2v) is 10.9. The minimum absolute atomic E-state index is 0.114. The number of halogens is 3. The highest BCUT2D eigenvalue weighted by atomic mass is 19.2. The molecule has 2 saturated carbocycles. The average Bonchev–Trinajstić information content (AvgIpc) is 2.85. The van der Waals surface area contributed by atoms with E-state index in [0.29, 0.717) is 23.0 Å². The van der Waals surface area contributed by atoms with Gasteiger partial charge in [0.15, 0.2) is 11.6 Å². The topological polar surface area (TPSA) is 9.23 Å². The quantitative estimate of drug-likeness (QED) is 0.393. The molecule has 4 rings (SSSR count). The molecule has 2 atom stereocenters. The lowest BCUT2D eigenvalue weighted by atomic mass is 9.74. The molecule has 0 aliphatic heterocycles. The Morgan fingerprint density at radius 1 is 0.727 bits per heavy atom. The lowest BCUT2D eigenvalue weighted by Crippen LogP contribution is -2.20. The molecule has 0 radical (unpaired) electrons. The van der Waals surface area contributed by atoms with Crippen LogP contribution >= 0.6 is 0 Å². The van der Waals surface area contributed by atoms with Gasteiger partial charge in [-0.05, 0) is 124 Å². The standard InChI is InChI=1S/C29H41F3O/c1-3-19-6-11-22(12-7-19)24-15-16-25(29(32)28(24)31)23-13-8-20(9-14-23)4-5-21-10-17-27(33-2)26(30)18-21/h15-16,18-23,27H,3-14,17H2,1-2H3. The molecule has 0 amide bonds. The van der Waals surface area contributed by atoms with Gasteiger partial charge in [-0.1, -0.05) is 25.5 Å². The van der Waals surface area contributed by atoms with Gasteiger partial charge in [0.05, 0.1) is 0 Å². The van der Waals surface area contributed by atoms with Crippen LogP contribution in [0.4, 0.5) is 13.2 Å². The number of benzene rings is 1. The first-order valence-corrected chi connectivity index (χ1v) is 13.4. The van der Waals surface area contributed by atoms with Crippen molar-refractivity contribution < 1.29 is 17.9 Å². The third kappa shape index (κ3) is 5.86. The normalized spacial score (nSPS) is 33.1. The Balaban J connectivity index is 1.29. The zero-order chi connectivity index (χ0) is 23.4. The highest BCUT2D eigenvalue weighted by molar-refractivity contribution is 5.32. The molecule has 0 saturated heterocycles. The molecule has 2 fully saturated rings. The summed E-state index contributed by atoms with van der Waals surface area (Å²) < 4.78 is 49.3. The minimum Gasteiger partial charge on any atom is -0.374 e. The van der Waals surface area contributed by atoms with Gasteiger partial charge in [-0.15, -0.1) is 0 Å². The van der Waals surface area contributed by atoms with E-state index in [2.05, 4.69) is 6.92 Å². The van der Waals surface area contributed by atoms with Gasteiger partial charge >= 0.3 is 0 Å². The van der Waals surface area contributed by atoms with E-state index in [-0.39, 0.29) is 23.8 Å². The van der Waals surface area contributed by atoms with E-state index < -0.39 is 11.6 Å². The zero-order valence-corrected chi connectivity index (χ0v) is 20.4. The van der Waals surface area contributed by atoms with Gasteiger partial charge in [0, 0.05) is 7.11 Å². The van der Waals surface area contributed by atoms with E-state index in [1.54, 1.807) is 13.2 Å². The van der Waals surface area contributed by atoms with Crippen molar-refractivity contribution in [2.24, 2.45) is 17.8 Å². The Kier molecular flexibility index (Phi) is 8.59. The molecular weight excluding hydrogens is 421 g/mol. The summed E-state index contributed by atoms with van der Waals surface area (Å²) in [7, 11) is 1.57. The smallest absolute Gasteiger partial charge is 0.162 e. The molecule has 33 heavy (non-hydrogen) atoms. The Morgan fingerprint density at radius 3 is 1.76 bits per heavy atom. The number of hydrogen-bond acceptors (Lipinski definition) is 1. The maximum absolute atomic E-state index is 15.1. The SMILES string of the molecule is CCC1CCC(c2ccc(C3CCC(CCC4C=C(F)C(OC)CC4)CC3)c(F)c2F)CC1. The first-order chi connectivity index (χ1) is 16.0. The number of methoxy groups -OCH3 is 1. The maximum Gasteiger partial charge on any atom is 0.162 e. The van der Waals surface area contributed by atoms with Crippen molar-refractivity contribution in [1.82, 2.24) is 0 Å². The molecule has 0 heterocycles. The largest absolute Gasteiger partial charge is 0.374 e. The summed E-state index contributed by atoms with van der Waals surface area (Å²) in [6.07, 6.45) is 14.6. The van der Waals surface area contributed by atoms with Crippen LogP contribution in [0.2, 0.25) is 0 Å². The highest BCUT2D eigenvalue weighted by Gasteiger charge is 2.30. The van der Waals surface area contributed by atoms with Crippen molar-refractivity contribution in [2.45, 2.75) is 108 Å². The Labute approximate surface area is 198 Å². The minimum atomic E-state index is -0.593. The summed E-state index contributed by atoms with van der Waals surface area (Å²) in [5.74, 6) is 0.662. The van der Waals surface area contributed by atoms with Crippen LogP contribution in [0.25, 0.3) is 0 Å². The van der Waals surface area contributed by atoms with Crippen molar-refractivity contribution in [3.63, 3.8) is 0 Å². The van der Waals surface area contributed by atoms with Crippen molar-refractivity contribution in [3.05, 3.63) is 46.8 Å². The van der Waals surface area contributed by atoms with Crippen LogP contribution in [0.1, 0.15) is 113 Å². The van der Waals surface area contributed by atoms with Gasteiger partial charge in [0.25, 0.3) is 0 Å². The summed E-state index contributed by atoms with van der Waals surface area (Å²) in [5.41, 5.74) is 1.18. The van der Waals surface area contributed by atoms with Crippen LogP contribution in [0.5, 0.6) is 0 Å². The van der Waals surface area contributed by atoms with Crippen molar-refractivity contribution in [1.29, 1.82) is 0 Å². The van der Waals surface area contributed by atoms with E-state index >= 15 is 8.78 Å².